The molecular weight excluding hydrogens is 446 g/mol. The number of rotatable bonds is 11. The highest BCUT2D eigenvalue weighted by molar-refractivity contribution is 7.92. The fourth-order valence-corrected chi connectivity index (χ4v) is 4.23. The third-order valence-electron chi connectivity index (χ3n) is 5.18. The Hall–Kier alpha value is -3.27. The van der Waals surface area contributed by atoms with Crippen molar-refractivity contribution in [3.63, 3.8) is 0 Å². The van der Waals surface area contributed by atoms with Crippen LogP contribution in [0, 0.1) is 0 Å². The lowest BCUT2D eigenvalue weighted by atomic mass is 10.1. The number of carbonyl (C=O) groups is 2. The molecule has 1 atom stereocenters. The molecule has 180 valence electrons. The van der Waals surface area contributed by atoms with Gasteiger partial charge in [-0.25, -0.2) is 8.42 Å². The number of carbonyl (C=O) groups excluding carboxylic acids is 2. The fraction of sp³-hybridized carbons (Fsp3) is 0.391. The SMILES string of the molecule is CC[C@@H](C(=O)NC)N(Cc1ccc(OC)cc1)C(=O)CN(c1ccc(OC)cc1)S(C)(=O)=O. The van der Waals surface area contributed by atoms with Crippen LogP contribution in [0.25, 0.3) is 0 Å². The van der Waals surface area contributed by atoms with E-state index in [0.29, 0.717) is 23.6 Å². The maximum Gasteiger partial charge on any atom is 0.244 e. The first kappa shape index (κ1) is 26.0. The lowest BCUT2D eigenvalue weighted by Gasteiger charge is -2.32. The van der Waals surface area contributed by atoms with E-state index in [1.54, 1.807) is 62.6 Å². The minimum atomic E-state index is -3.78. The van der Waals surface area contributed by atoms with E-state index in [9.17, 15) is 18.0 Å². The van der Waals surface area contributed by atoms with Crippen LogP contribution in [-0.4, -0.2) is 65.2 Å². The Balaban J connectivity index is 2.39. The molecule has 0 fully saturated rings. The molecule has 0 aliphatic rings. The molecule has 0 saturated heterocycles. The van der Waals surface area contributed by atoms with Crippen molar-refractivity contribution in [3.05, 3.63) is 54.1 Å². The van der Waals surface area contributed by atoms with Crippen LogP contribution in [0.1, 0.15) is 18.9 Å². The van der Waals surface area contributed by atoms with Crippen LogP contribution in [0.3, 0.4) is 0 Å². The first-order chi connectivity index (χ1) is 15.6. The summed E-state index contributed by atoms with van der Waals surface area (Å²) in [6.07, 6.45) is 1.40. The van der Waals surface area contributed by atoms with Gasteiger partial charge in [0.2, 0.25) is 21.8 Å². The summed E-state index contributed by atoms with van der Waals surface area (Å²) >= 11 is 0. The fourth-order valence-electron chi connectivity index (χ4n) is 3.38. The number of sulfonamides is 1. The minimum Gasteiger partial charge on any atom is -0.497 e. The second kappa shape index (κ2) is 11.6. The summed E-state index contributed by atoms with van der Waals surface area (Å²) in [5.74, 6) is 0.403. The van der Waals surface area contributed by atoms with Crippen molar-refractivity contribution in [1.29, 1.82) is 0 Å². The van der Waals surface area contributed by atoms with Gasteiger partial charge in [0, 0.05) is 13.6 Å². The molecule has 0 aromatic heterocycles. The monoisotopic (exact) mass is 477 g/mol. The van der Waals surface area contributed by atoms with Gasteiger partial charge >= 0.3 is 0 Å². The zero-order valence-electron chi connectivity index (χ0n) is 19.6. The van der Waals surface area contributed by atoms with Gasteiger partial charge in [-0.3, -0.25) is 13.9 Å². The summed E-state index contributed by atoms with van der Waals surface area (Å²) in [6, 6.07) is 12.7. The molecule has 0 aliphatic carbocycles. The van der Waals surface area contributed by atoms with E-state index in [4.69, 9.17) is 9.47 Å². The van der Waals surface area contributed by atoms with Crippen LogP contribution >= 0.6 is 0 Å². The van der Waals surface area contributed by atoms with Crippen LogP contribution in [0.15, 0.2) is 48.5 Å². The molecule has 1 N–H and O–H groups in total. The molecule has 0 unspecified atom stereocenters. The topological polar surface area (TPSA) is 105 Å². The predicted molar refractivity (Wildman–Crippen MR) is 127 cm³/mol. The molecule has 0 aliphatic heterocycles. The number of amides is 2. The van der Waals surface area contributed by atoms with Crippen LogP contribution in [0.2, 0.25) is 0 Å². The number of benzene rings is 2. The van der Waals surface area contributed by atoms with E-state index in [1.807, 2.05) is 0 Å². The van der Waals surface area contributed by atoms with Crippen LogP contribution < -0.4 is 19.1 Å². The van der Waals surface area contributed by atoms with Crippen LogP contribution in [0.5, 0.6) is 11.5 Å². The quantitative estimate of drug-likeness (QED) is 0.531. The number of anilines is 1. The predicted octanol–water partition coefficient (Wildman–Crippen LogP) is 2.02. The molecule has 10 heteroatoms. The van der Waals surface area contributed by atoms with Crippen LogP contribution in [-0.2, 0) is 26.2 Å². The third kappa shape index (κ3) is 6.85. The highest BCUT2D eigenvalue weighted by Crippen LogP contribution is 2.23. The molecule has 0 spiro atoms. The Kier molecular flexibility index (Phi) is 9.10. The van der Waals surface area contributed by atoms with Gasteiger partial charge in [0.1, 0.15) is 24.1 Å². The van der Waals surface area contributed by atoms with E-state index in [-0.39, 0.29) is 12.5 Å². The average molecular weight is 478 g/mol. The molecule has 0 heterocycles. The van der Waals surface area contributed by atoms with Gasteiger partial charge in [0.05, 0.1) is 26.2 Å². The molecule has 2 amide bonds. The summed E-state index contributed by atoms with van der Waals surface area (Å²) in [5.41, 5.74) is 1.10. The molecule has 33 heavy (non-hydrogen) atoms. The van der Waals surface area contributed by atoms with Crippen molar-refractivity contribution in [2.45, 2.75) is 25.9 Å². The van der Waals surface area contributed by atoms with Gasteiger partial charge in [0.15, 0.2) is 0 Å². The number of ether oxygens (including phenoxy) is 2. The maximum absolute atomic E-state index is 13.4. The first-order valence-electron chi connectivity index (χ1n) is 10.4. The van der Waals surface area contributed by atoms with Crippen LogP contribution in [0.4, 0.5) is 5.69 Å². The zero-order chi connectivity index (χ0) is 24.6. The van der Waals surface area contributed by atoms with E-state index < -0.39 is 28.5 Å². The molecule has 0 radical (unpaired) electrons. The van der Waals surface area contributed by atoms with E-state index in [0.717, 1.165) is 16.1 Å². The highest BCUT2D eigenvalue weighted by Gasteiger charge is 2.31. The Morgan fingerprint density at radius 2 is 1.48 bits per heavy atom. The molecule has 0 bridgehead atoms. The van der Waals surface area contributed by atoms with Crippen molar-refractivity contribution in [2.75, 3.05) is 38.4 Å². The minimum absolute atomic E-state index is 0.134. The van der Waals surface area contributed by atoms with E-state index in [2.05, 4.69) is 5.32 Å². The van der Waals surface area contributed by atoms with E-state index >= 15 is 0 Å². The Labute approximate surface area is 195 Å². The molecule has 9 nitrogen and oxygen atoms in total. The Bertz CT molecular complexity index is 1040. The second-order valence-corrected chi connectivity index (χ2v) is 9.28. The molecule has 2 aromatic carbocycles. The van der Waals surface area contributed by atoms with Crippen molar-refractivity contribution in [3.8, 4) is 11.5 Å². The lowest BCUT2D eigenvalue weighted by Crippen LogP contribution is -2.51. The summed E-state index contributed by atoms with van der Waals surface area (Å²) in [7, 11) is 0.788. The van der Waals surface area contributed by atoms with Crippen molar-refractivity contribution >= 4 is 27.5 Å². The Morgan fingerprint density at radius 1 is 0.970 bits per heavy atom. The lowest BCUT2D eigenvalue weighted by molar-refractivity contribution is -0.140. The zero-order valence-corrected chi connectivity index (χ0v) is 20.4. The van der Waals surface area contributed by atoms with E-state index in [1.165, 1.54) is 19.1 Å². The number of hydrogen-bond acceptors (Lipinski definition) is 6. The third-order valence-corrected chi connectivity index (χ3v) is 6.32. The maximum atomic E-state index is 13.4. The van der Waals surface area contributed by atoms with Crippen molar-refractivity contribution in [2.24, 2.45) is 0 Å². The van der Waals surface area contributed by atoms with Crippen molar-refractivity contribution in [1.82, 2.24) is 10.2 Å². The van der Waals surface area contributed by atoms with Gasteiger partial charge < -0.3 is 19.7 Å². The summed E-state index contributed by atoms with van der Waals surface area (Å²) in [4.78, 5) is 27.4. The normalized spacial score (nSPS) is 11.9. The van der Waals surface area contributed by atoms with Gasteiger partial charge in [-0.2, -0.15) is 0 Å². The number of nitrogens with one attached hydrogen (secondary N) is 1. The average Bonchev–Trinajstić information content (AvgIpc) is 2.81. The number of likely N-dealkylation sites (N-methyl/N-ethyl adjacent to an activating group) is 1. The van der Waals surface area contributed by atoms with Gasteiger partial charge in [0.25, 0.3) is 0 Å². The van der Waals surface area contributed by atoms with Crippen molar-refractivity contribution < 1.29 is 27.5 Å². The number of hydrogen-bond donors (Lipinski definition) is 1. The molecular formula is C23H31N3O6S. The molecule has 0 saturated carbocycles. The summed E-state index contributed by atoms with van der Waals surface area (Å²) in [5, 5.41) is 2.58. The smallest absolute Gasteiger partial charge is 0.244 e. The first-order valence-corrected chi connectivity index (χ1v) is 12.2. The molecule has 2 aromatic rings. The number of methoxy groups -OCH3 is 2. The summed E-state index contributed by atoms with van der Waals surface area (Å²) in [6.45, 7) is 1.48. The number of nitrogens with zero attached hydrogens (tertiary/aromatic N) is 2. The van der Waals surface area contributed by atoms with Gasteiger partial charge in [-0.1, -0.05) is 19.1 Å². The summed E-state index contributed by atoms with van der Waals surface area (Å²) < 4.78 is 36.4. The second-order valence-electron chi connectivity index (χ2n) is 7.38. The Morgan fingerprint density at radius 3 is 1.91 bits per heavy atom. The van der Waals surface area contributed by atoms with Gasteiger partial charge in [-0.15, -0.1) is 0 Å². The molecule has 2 rings (SSSR count). The largest absolute Gasteiger partial charge is 0.497 e. The van der Waals surface area contributed by atoms with Gasteiger partial charge in [-0.05, 0) is 48.4 Å². The highest BCUT2D eigenvalue weighted by atomic mass is 32.2. The standard InChI is InChI=1S/C23H31N3O6S/c1-6-21(23(28)24-2)25(15-17-7-11-19(31-3)12-8-17)22(27)16-26(33(5,29)30)18-9-13-20(32-4)14-10-18/h7-14,21H,6,15-16H2,1-5H3,(H,24,28)/t21-/m0/s1.